The monoisotopic (exact) mass is 224 g/mol. The summed E-state index contributed by atoms with van der Waals surface area (Å²) in [4.78, 5) is 20.7. The summed E-state index contributed by atoms with van der Waals surface area (Å²) in [6.45, 7) is 3.49. The largest absolute Gasteiger partial charge is 1.00 e. The predicted octanol–water partition coefficient (Wildman–Crippen LogP) is -2.81. The number of aliphatic carboxylic acids is 2. The third-order valence-electron chi connectivity index (χ3n) is 1.72. The minimum atomic E-state index is -1.31. The molecule has 0 amide bonds. The Morgan fingerprint density at radius 1 is 1.50 bits per heavy atom. The molecule has 0 aliphatic rings. The summed E-state index contributed by atoms with van der Waals surface area (Å²) in [5.41, 5.74) is 0. The summed E-state index contributed by atoms with van der Waals surface area (Å²) in [6.07, 6.45) is 2.98. The Bertz CT molecular complexity index is 203. The first kappa shape index (κ1) is 16.7. The Morgan fingerprint density at radius 3 is 2.43 bits per heavy atom. The van der Waals surface area contributed by atoms with Crippen LogP contribution in [0.4, 0.5) is 0 Å². The number of unbranched alkanes of at least 4 members (excludes halogenated alkanes) is 1. The van der Waals surface area contributed by atoms with Crippen LogP contribution in [0, 0.1) is 5.92 Å². The fourth-order valence-corrected chi connectivity index (χ4v) is 1.02. The minimum absolute atomic E-state index is 0. The van der Waals surface area contributed by atoms with Gasteiger partial charge in [0.15, 0.2) is 0 Å². The van der Waals surface area contributed by atoms with Crippen molar-refractivity contribution in [3.05, 3.63) is 12.7 Å². The van der Waals surface area contributed by atoms with Crippen LogP contribution in [-0.2, 0) is 9.59 Å². The van der Waals surface area contributed by atoms with Gasteiger partial charge < -0.3 is 15.0 Å². The number of hydrogen-bond donors (Lipinski definition) is 1. The zero-order chi connectivity index (χ0) is 10.3. The molecule has 0 rings (SSSR count). The van der Waals surface area contributed by atoms with E-state index in [1.807, 2.05) is 0 Å². The van der Waals surface area contributed by atoms with E-state index in [1.165, 1.54) is 0 Å². The fourth-order valence-electron chi connectivity index (χ4n) is 1.02. The first-order valence-electron chi connectivity index (χ1n) is 4.11. The molecule has 0 aliphatic carbocycles. The average molecular weight is 224 g/mol. The van der Waals surface area contributed by atoms with E-state index in [4.69, 9.17) is 5.11 Å². The van der Waals surface area contributed by atoms with Gasteiger partial charge in [0, 0.05) is 12.4 Å². The van der Waals surface area contributed by atoms with Crippen LogP contribution in [0.1, 0.15) is 25.7 Å². The second-order valence-electron chi connectivity index (χ2n) is 2.83. The summed E-state index contributed by atoms with van der Waals surface area (Å²) in [5.74, 6) is -3.22. The van der Waals surface area contributed by atoms with Crippen molar-refractivity contribution in [2.24, 2.45) is 5.92 Å². The number of rotatable bonds is 7. The Balaban J connectivity index is 0. The molecule has 0 heterocycles. The smallest absolute Gasteiger partial charge is 0.550 e. The molecule has 0 saturated carbocycles. The number of hydrogen-bond acceptors (Lipinski definition) is 3. The van der Waals surface area contributed by atoms with Gasteiger partial charge in [0.1, 0.15) is 0 Å². The molecule has 1 N–H and O–H groups in total. The summed E-state index contributed by atoms with van der Waals surface area (Å²) in [6, 6.07) is 0. The molecule has 0 aromatic rings. The van der Waals surface area contributed by atoms with E-state index in [0.717, 1.165) is 0 Å². The van der Waals surface area contributed by atoms with Gasteiger partial charge in [-0.15, -0.1) is 6.58 Å². The van der Waals surface area contributed by atoms with E-state index in [0.29, 0.717) is 19.3 Å². The Morgan fingerprint density at radius 2 is 2.07 bits per heavy atom. The van der Waals surface area contributed by atoms with Gasteiger partial charge in [-0.2, -0.15) is 0 Å². The number of carbonyl (C=O) groups is 2. The quantitative estimate of drug-likeness (QED) is 0.288. The number of carbonyl (C=O) groups excluding carboxylic acids is 1. The molecule has 0 aromatic heterocycles. The van der Waals surface area contributed by atoms with E-state index in [1.54, 1.807) is 6.08 Å². The maximum atomic E-state index is 10.5. The van der Waals surface area contributed by atoms with Crippen LogP contribution in [0.15, 0.2) is 12.7 Å². The Hall–Kier alpha value is 0.316. The predicted molar refractivity (Wildman–Crippen MR) is 44.8 cm³/mol. The Labute approximate surface area is 126 Å². The van der Waals surface area contributed by atoms with Crippen molar-refractivity contribution in [1.29, 1.82) is 0 Å². The van der Waals surface area contributed by atoms with Gasteiger partial charge in [0.25, 0.3) is 0 Å². The molecule has 0 spiro atoms. The van der Waals surface area contributed by atoms with E-state index in [2.05, 4.69) is 6.58 Å². The second-order valence-corrected chi connectivity index (χ2v) is 2.83. The van der Waals surface area contributed by atoms with Crippen molar-refractivity contribution in [2.45, 2.75) is 25.7 Å². The molecule has 0 saturated heterocycles. The van der Waals surface area contributed by atoms with Crippen LogP contribution in [0.2, 0.25) is 0 Å². The first-order valence-corrected chi connectivity index (χ1v) is 4.11. The molecular weight excluding hydrogens is 211 g/mol. The van der Waals surface area contributed by atoms with Gasteiger partial charge in [0.2, 0.25) is 0 Å². The average Bonchev–Trinajstić information content (AvgIpc) is 2.02. The zero-order valence-corrected chi connectivity index (χ0v) is 11.5. The summed E-state index contributed by atoms with van der Waals surface area (Å²) in [7, 11) is 0. The molecule has 0 bridgehead atoms. The first-order chi connectivity index (χ1) is 6.07. The molecule has 0 fully saturated rings. The van der Waals surface area contributed by atoms with Crippen molar-refractivity contribution in [3.63, 3.8) is 0 Å². The van der Waals surface area contributed by atoms with E-state index in [-0.39, 0.29) is 51.4 Å². The van der Waals surface area contributed by atoms with E-state index < -0.39 is 24.3 Å². The summed E-state index contributed by atoms with van der Waals surface area (Å²) < 4.78 is 0. The van der Waals surface area contributed by atoms with Gasteiger partial charge in [-0.3, -0.25) is 4.79 Å². The molecule has 1 atom stereocenters. The molecule has 14 heavy (non-hydrogen) atoms. The summed E-state index contributed by atoms with van der Waals surface area (Å²) in [5, 5.41) is 18.8. The molecule has 74 valence electrons. The van der Waals surface area contributed by atoms with Gasteiger partial charge in [-0.25, -0.2) is 0 Å². The third-order valence-corrected chi connectivity index (χ3v) is 1.72. The SMILES string of the molecule is C=CCCCC(CC(=O)[O-])C(=O)O.[K+]. The minimum Gasteiger partial charge on any atom is -0.550 e. The third kappa shape index (κ3) is 8.89. The Kier molecular flexibility index (Phi) is 11.8. The standard InChI is InChI=1S/C9H14O4.K/c1-2-3-4-5-7(9(12)13)6-8(10)11;/h2,7H,1,3-6H2,(H,10,11)(H,12,13);/q;+1/p-1. The van der Waals surface area contributed by atoms with Crippen molar-refractivity contribution < 1.29 is 71.2 Å². The van der Waals surface area contributed by atoms with Crippen LogP contribution in [0.25, 0.3) is 0 Å². The molecular formula is C9H13KO4. The van der Waals surface area contributed by atoms with Gasteiger partial charge >= 0.3 is 57.4 Å². The van der Waals surface area contributed by atoms with Crippen molar-refractivity contribution >= 4 is 11.9 Å². The van der Waals surface area contributed by atoms with Crippen LogP contribution in [-0.4, -0.2) is 17.0 Å². The number of carboxylic acid groups (broad SMARTS) is 2. The van der Waals surface area contributed by atoms with E-state index >= 15 is 0 Å². The zero-order valence-electron chi connectivity index (χ0n) is 8.36. The van der Waals surface area contributed by atoms with Gasteiger partial charge in [-0.05, 0) is 19.3 Å². The fraction of sp³-hybridized carbons (Fsp3) is 0.556. The van der Waals surface area contributed by atoms with Crippen LogP contribution in [0.5, 0.6) is 0 Å². The van der Waals surface area contributed by atoms with Crippen LogP contribution in [0.3, 0.4) is 0 Å². The van der Waals surface area contributed by atoms with Gasteiger partial charge in [0.05, 0.1) is 5.92 Å². The van der Waals surface area contributed by atoms with Crippen molar-refractivity contribution in [3.8, 4) is 0 Å². The molecule has 1 unspecified atom stereocenters. The molecule has 4 nitrogen and oxygen atoms in total. The van der Waals surface area contributed by atoms with Gasteiger partial charge in [-0.1, -0.05) is 6.08 Å². The molecule has 0 aromatic carbocycles. The second kappa shape index (κ2) is 9.86. The maximum absolute atomic E-state index is 10.5. The van der Waals surface area contributed by atoms with E-state index in [9.17, 15) is 14.7 Å². The molecule has 5 heteroatoms. The molecule has 0 radical (unpaired) electrons. The maximum Gasteiger partial charge on any atom is 1.00 e. The van der Waals surface area contributed by atoms with Crippen LogP contribution < -0.4 is 56.5 Å². The normalized spacial score (nSPS) is 11.1. The van der Waals surface area contributed by atoms with Crippen molar-refractivity contribution in [1.82, 2.24) is 0 Å². The number of allylic oxidation sites excluding steroid dienone is 1. The van der Waals surface area contributed by atoms with Crippen LogP contribution >= 0.6 is 0 Å². The topological polar surface area (TPSA) is 77.4 Å². The van der Waals surface area contributed by atoms with Crippen molar-refractivity contribution in [2.75, 3.05) is 0 Å². The summed E-state index contributed by atoms with van der Waals surface area (Å²) >= 11 is 0. The number of carboxylic acids is 2. The molecule has 0 aliphatic heterocycles.